The second kappa shape index (κ2) is 14.2. The predicted molar refractivity (Wildman–Crippen MR) is 129 cm³/mol. The molecule has 0 aliphatic heterocycles. The molecule has 0 radical (unpaired) electrons. The molecule has 0 fully saturated rings. The van der Waals surface area contributed by atoms with Gasteiger partial charge in [0.05, 0.1) is 6.61 Å². The quantitative estimate of drug-likeness (QED) is 0.259. The maximum absolute atomic E-state index is 10.9. The number of phenolic OH excluding ortho intramolecular Hbond substituents is 1. The van der Waals surface area contributed by atoms with Crippen molar-refractivity contribution < 1.29 is 29.6 Å². The van der Waals surface area contributed by atoms with Gasteiger partial charge in [-0.3, -0.25) is 9.59 Å². The summed E-state index contributed by atoms with van der Waals surface area (Å²) in [5.41, 5.74) is 3.35. The minimum Gasteiger partial charge on any atom is -0.507 e. The molecule has 0 aliphatic rings. The van der Waals surface area contributed by atoms with Crippen LogP contribution in [0.5, 0.6) is 11.5 Å². The summed E-state index contributed by atoms with van der Waals surface area (Å²) in [5, 5.41) is 28.4. The molecule has 0 atom stereocenters. The average molecular weight is 457 g/mol. The lowest BCUT2D eigenvalue weighted by Gasteiger charge is -2.16. The molecular formula is C27H36O6. The molecule has 6 heteroatoms. The first-order valence-electron chi connectivity index (χ1n) is 11.9. The number of aliphatic carboxylic acids is 2. The number of carbonyl (C=O) groups is 2. The summed E-state index contributed by atoms with van der Waals surface area (Å²) in [6.07, 6.45) is 8.16. The van der Waals surface area contributed by atoms with Crippen molar-refractivity contribution in [3.8, 4) is 22.6 Å². The smallest absolute Gasteiger partial charge is 0.303 e. The number of carboxylic acids is 2. The van der Waals surface area contributed by atoms with Gasteiger partial charge in [0.15, 0.2) is 0 Å². The summed E-state index contributed by atoms with van der Waals surface area (Å²) < 4.78 is 6.09. The maximum Gasteiger partial charge on any atom is 0.303 e. The fourth-order valence-corrected chi connectivity index (χ4v) is 3.80. The molecule has 0 bridgehead atoms. The molecule has 0 saturated carbocycles. The van der Waals surface area contributed by atoms with E-state index in [-0.39, 0.29) is 18.6 Å². The zero-order valence-electron chi connectivity index (χ0n) is 19.5. The number of carboxylic acid groups (broad SMARTS) is 2. The fraction of sp³-hybridized carbons (Fsp3) is 0.481. The Bertz CT molecular complexity index is 905. The third-order valence-electron chi connectivity index (χ3n) is 5.61. The molecule has 3 N–H and O–H groups in total. The normalized spacial score (nSPS) is 10.8. The molecule has 2 aromatic carbocycles. The van der Waals surface area contributed by atoms with Crippen LogP contribution in [0.2, 0.25) is 0 Å². The van der Waals surface area contributed by atoms with Crippen molar-refractivity contribution in [1.82, 2.24) is 0 Å². The summed E-state index contributed by atoms with van der Waals surface area (Å²) >= 11 is 0. The van der Waals surface area contributed by atoms with Crippen LogP contribution in [-0.4, -0.2) is 33.9 Å². The van der Waals surface area contributed by atoms with Gasteiger partial charge in [-0.15, -0.1) is 0 Å². The summed E-state index contributed by atoms with van der Waals surface area (Å²) in [7, 11) is 0. The van der Waals surface area contributed by atoms with E-state index in [0.29, 0.717) is 43.6 Å². The van der Waals surface area contributed by atoms with Crippen LogP contribution in [-0.2, 0) is 22.4 Å². The number of rotatable bonds is 16. The zero-order valence-corrected chi connectivity index (χ0v) is 19.5. The van der Waals surface area contributed by atoms with Crippen LogP contribution >= 0.6 is 0 Å². The summed E-state index contributed by atoms with van der Waals surface area (Å²) in [6, 6.07) is 11.1. The van der Waals surface area contributed by atoms with E-state index < -0.39 is 11.9 Å². The van der Waals surface area contributed by atoms with Gasteiger partial charge in [0.2, 0.25) is 0 Å². The molecule has 33 heavy (non-hydrogen) atoms. The van der Waals surface area contributed by atoms with E-state index in [0.717, 1.165) is 29.5 Å². The van der Waals surface area contributed by atoms with Crippen LogP contribution in [0.1, 0.15) is 75.8 Å². The maximum atomic E-state index is 10.9. The first-order chi connectivity index (χ1) is 15.9. The van der Waals surface area contributed by atoms with E-state index in [1.54, 1.807) is 6.07 Å². The van der Waals surface area contributed by atoms with Crippen molar-refractivity contribution in [2.24, 2.45) is 0 Å². The summed E-state index contributed by atoms with van der Waals surface area (Å²) in [4.78, 5) is 21.7. The molecule has 0 spiro atoms. The van der Waals surface area contributed by atoms with Crippen LogP contribution in [0.3, 0.4) is 0 Å². The molecule has 0 amide bonds. The number of hydrogen-bond acceptors (Lipinski definition) is 4. The van der Waals surface area contributed by atoms with Crippen molar-refractivity contribution in [2.45, 2.75) is 77.6 Å². The Balaban J connectivity index is 2.23. The molecule has 2 aromatic rings. The van der Waals surface area contributed by atoms with Crippen LogP contribution < -0.4 is 4.74 Å². The van der Waals surface area contributed by atoms with E-state index in [2.05, 4.69) is 6.92 Å². The largest absolute Gasteiger partial charge is 0.507 e. The van der Waals surface area contributed by atoms with Crippen molar-refractivity contribution in [3.05, 3.63) is 47.5 Å². The van der Waals surface area contributed by atoms with E-state index >= 15 is 0 Å². The van der Waals surface area contributed by atoms with Gasteiger partial charge in [0, 0.05) is 24.0 Å². The average Bonchev–Trinajstić information content (AvgIpc) is 2.77. The Morgan fingerprint density at radius 1 is 0.758 bits per heavy atom. The molecule has 2 rings (SSSR count). The van der Waals surface area contributed by atoms with Crippen LogP contribution in [0.4, 0.5) is 0 Å². The van der Waals surface area contributed by atoms with Gasteiger partial charge in [0.1, 0.15) is 11.5 Å². The van der Waals surface area contributed by atoms with Crippen molar-refractivity contribution in [3.63, 3.8) is 0 Å². The highest BCUT2D eigenvalue weighted by molar-refractivity contribution is 5.77. The fourth-order valence-electron chi connectivity index (χ4n) is 3.80. The molecule has 6 nitrogen and oxygen atoms in total. The second-order valence-electron chi connectivity index (χ2n) is 8.44. The molecule has 0 saturated heterocycles. The van der Waals surface area contributed by atoms with Crippen LogP contribution in [0.25, 0.3) is 11.1 Å². The van der Waals surface area contributed by atoms with Crippen molar-refractivity contribution in [2.75, 3.05) is 6.61 Å². The lowest BCUT2D eigenvalue weighted by atomic mass is 9.96. The van der Waals surface area contributed by atoms with Crippen LogP contribution in [0, 0.1) is 0 Å². The number of aromatic hydroxyl groups is 1. The standard InChI is InChI=1S/C27H36O6/c1-2-3-4-5-6-17-33-25-16-14-21(10-8-12-27(31)32)19-23(25)22-18-20(13-15-24(22)28)9-7-11-26(29)30/h13-16,18-19,28H,2-12,17H2,1H3,(H,29,30)(H,31,32). The lowest BCUT2D eigenvalue weighted by molar-refractivity contribution is -0.138. The van der Waals surface area contributed by atoms with E-state index in [4.69, 9.17) is 14.9 Å². The number of hydrogen-bond donors (Lipinski definition) is 3. The Labute approximate surface area is 196 Å². The Hall–Kier alpha value is -3.02. The number of ether oxygens (including phenoxy) is 1. The van der Waals surface area contributed by atoms with Gasteiger partial charge in [0.25, 0.3) is 0 Å². The third kappa shape index (κ3) is 9.56. The summed E-state index contributed by atoms with van der Waals surface area (Å²) in [5.74, 6) is -0.819. The van der Waals surface area contributed by atoms with Gasteiger partial charge >= 0.3 is 11.9 Å². The minimum atomic E-state index is -0.822. The highest BCUT2D eigenvalue weighted by Gasteiger charge is 2.14. The number of unbranched alkanes of at least 4 members (excludes halogenated alkanes) is 4. The zero-order chi connectivity index (χ0) is 24.1. The summed E-state index contributed by atoms with van der Waals surface area (Å²) in [6.45, 7) is 2.77. The molecule has 0 aromatic heterocycles. The highest BCUT2D eigenvalue weighted by atomic mass is 16.5. The third-order valence-corrected chi connectivity index (χ3v) is 5.61. The van der Waals surface area contributed by atoms with Gasteiger partial charge < -0.3 is 20.1 Å². The molecular weight excluding hydrogens is 420 g/mol. The van der Waals surface area contributed by atoms with E-state index in [1.165, 1.54) is 19.3 Å². The topological polar surface area (TPSA) is 104 Å². The van der Waals surface area contributed by atoms with Crippen LogP contribution in [0.15, 0.2) is 36.4 Å². The molecule has 0 aliphatic carbocycles. The Morgan fingerprint density at radius 2 is 1.33 bits per heavy atom. The molecule has 0 unspecified atom stereocenters. The Morgan fingerprint density at radius 3 is 1.94 bits per heavy atom. The monoisotopic (exact) mass is 456 g/mol. The van der Waals surface area contributed by atoms with Gasteiger partial charge in [-0.2, -0.15) is 0 Å². The number of benzene rings is 2. The first kappa shape index (κ1) is 26.2. The van der Waals surface area contributed by atoms with Crippen molar-refractivity contribution >= 4 is 11.9 Å². The van der Waals surface area contributed by atoms with Crippen molar-refractivity contribution in [1.29, 1.82) is 0 Å². The van der Waals surface area contributed by atoms with E-state index in [9.17, 15) is 14.7 Å². The second-order valence-corrected chi connectivity index (χ2v) is 8.44. The van der Waals surface area contributed by atoms with E-state index in [1.807, 2.05) is 30.3 Å². The Kier molecular flexibility index (Phi) is 11.3. The SMILES string of the molecule is CCCCCCCOc1ccc(CCCC(=O)O)cc1-c1cc(CCCC(=O)O)ccc1O. The van der Waals surface area contributed by atoms with Gasteiger partial charge in [-0.25, -0.2) is 0 Å². The van der Waals surface area contributed by atoms with Gasteiger partial charge in [-0.1, -0.05) is 44.7 Å². The number of phenols is 1. The predicted octanol–water partition coefficient (Wildman–Crippen LogP) is 6.22. The first-order valence-corrected chi connectivity index (χ1v) is 11.9. The van der Waals surface area contributed by atoms with Gasteiger partial charge in [-0.05, 0) is 67.5 Å². The number of aryl methyl sites for hydroxylation is 2. The minimum absolute atomic E-state index is 0.0989. The molecule has 0 heterocycles. The highest BCUT2D eigenvalue weighted by Crippen LogP contribution is 2.38. The lowest BCUT2D eigenvalue weighted by Crippen LogP contribution is -2.01. The molecule has 180 valence electrons.